The predicted octanol–water partition coefficient (Wildman–Crippen LogP) is 9.41. The highest BCUT2D eigenvalue weighted by Crippen LogP contribution is 2.60. The summed E-state index contributed by atoms with van der Waals surface area (Å²) in [6.07, 6.45) is 3.93. The Morgan fingerprint density at radius 2 is 1.34 bits per heavy atom. The van der Waals surface area contributed by atoms with E-state index in [9.17, 15) is 8.78 Å². The Balaban J connectivity index is 1.37. The van der Waals surface area contributed by atoms with Crippen molar-refractivity contribution in [2.75, 3.05) is 7.11 Å². The number of nitrogens with zero attached hydrogens (tertiary/aromatic N) is 3. The van der Waals surface area contributed by atoms with Gasteiger partial charge in [0.1, 0.15) is 11.5 Å². The van der Waals surface area contributed by atoms with Crippen molar-refractivity contribution in [3.8, 4) is 34.0 Å². The maximum absolute atomic E-state index is 13.8. The van der Waals surface area contributed by atoms with Crippen molar-refractivity contribution in [1.82, 2.24) is 15.0 Å². The van der Waals surface area contributed by atoms with Crippen LogP contribution in [-0.4, -0.2) is 22.1 Å². The van der Waals surface area contributed by atoms with Crippen LogP contribution in [0.4, 0.5) is 8.78 Å². The SMILES string of the molecule is CCC1(CC)c2ccccc2-c2c1c1c(c3ccccc23)OC(c2ccc(OC)cc2)(c2ccc(-c3nc(F)nc(F)n3)cc2)C=C1. The molecule has 2 aliphatic rings. The summed E-state index contributed by atoms with van der Waals surface area (Å²) in [6.45, 7) is 4.55. The maximum Gasteiger partial charge on any atom is 0.314 e. The van der Waals surface area contributed by atoms with Crippen LogP contribution in [-0.2, 0) is 11.0 Å². The zero-order chi connectivity index (χ0) is 32.3. The summed E-state index contributed by atoms with van der Waals surface area (Å²) in [5.41, 5.74) is 7.32. The van der Waals surface area contributed by atoms with Crippen molar-refractivity contribution in [3.05, 3.63) is 143 Å². The molecule has 232 valence electrons. The van der Waals surface area contributed by atoms with Gasteiger partial charge in [-0.25, -0.2) is 0 Å². The molecule has 8 rings (SSSR count). The van der Waals surface area contributed by atoms with Crippen LogP contribution in [0.25, 0.3) is 39.4 Å². The molecular weight excluding hydrogens is 592 g/mol. The van der Waals surface area contributed by atoms with E-state index in [1.54, 1.807) is 19.2 Å². The molecule has 1 aromatic heterocycles. The third kappa shape index (κ3) is 4.22. The Labute approximate surface area is 271 Å². The number of fused-ring (bicyclic) bond motifs is 8. The van der Waals surface area contributed by atoms with Gasteiger partial charge in [0.05, 0.1) is 7.11 Å². The number of ether oxygens (including phenoxy) is 2. The van der Waals surface area contributed by atoms with Gasteiger partial charge in [-0.15, -0.1) is 0 Å². The molecule has 6 aromatic rings. The van der Waals surface area contributed by atoms with Crippen LogP contribution in [0.1, 0.15) is 54.5 Å². The average Bonchev–Trinajstić information content (AvgIpc) is 3.42. The fraction of sp³-hybridized carbons (Fsp3) is 0.175. The van der Waals surface area contributed by atoms with E-state index in [1.807, 2.05) is 36.4 Å². The summed E-state index contributed by atoms with van der Waals surface area (Å²) in [5, 5.41) is 2.19. The molecule has 0 bridgehead atoms. The number of aromatic nitrogens is 3. The van der Waals surface area contributed by atoms with Crippen LogP contribution in [0.5, 0.6) is 11.5 Å². The Morgan fingerprint density at radius 1 is 0.723 bits per heavy atom. The molecule has 2 heterocycles. The molecule has 5 aromatic carbocycles. The molecule has 1 unspecified atom stereocenters. The van der Waals surface area contributed by atoms with Crippen molar-refractivity contribution in [2.45, 2.75) is 37.7 Å². The molecule has 0 fully saturated rings. The topological polar surface area (TPSA) is 57.1 Å². The van der Waals surface area contributed by atoms with E-state index >= 15 is 0 Å². The van der Waals surface area contributed by atoms with Crippen LogP contribution >= 0.6 is 0 Å². The summed E-state index contributed by atoms with van der Waals surface area (Å²) in [4.78, 5) is 10.4. The first-order chi connectivity index (χ1) is 22.9. The van der Waals surface area contributed by atoms with Gasteiger partial charge in [0.25, 0.3) is 0 Å². The van der Waals surface area contributed by atoms with Crippen molar-refractivity contribution in [1.29, 1.82) is 0 Å². The lowest BCUT2D eigenvalue weighted by Gasteiger charge is -2.39. The van der Waals surface area contributed by atoms with Gasteiger partial charge >= 0.3 is 12.2 Å². The molecular formula is C40H31F2N3O2. The van der Waals surface area contributed by atoms with Gasteiger partial charge in [-0.3, -0.25) is 0 Å². The third-order valence-corrected chi connectivity index (χ3v) is 10.0. The monoisotopic (exact) mass is 623 g/mol. The minimum absolute atomic E-state index is 0.0814. The predicted molar refractivity (Wildman–Crippen MR) is 179 cm³/mol. The second-order valence-corrected chi connectivity index (χ2v) is 12.0. The number of methoxy groups -OCH3 is 1. The average molecular weight is 624 g/mol. The quantitative estimate of drug-likeness (QED) is 0.185. The lowest BCUT2D eigenvalue weighted by Crippen LogP contribution is -2.35. The van der Waals surface area contributed by atoms with Gasteiger partial charge < -0.3 is 9.47 Å². The number of halogens is 2. The normalized spacial score (nSPS) is 17.1. The summed E-state index contributed by atoms with van der Waals surface area (Å²) < 4.78 is 40.5. The van der Waals surface area contributed by atoms with Crippen molar-refractivity contribution in [2.24, 2.45) is 0 Å². The molecule has 1 atom stereocenters. The molecule has 1 aliphatic carbocycles. The van der Waals surface area contributed by atoms with Gasteiger partial charge in [-0.05, 0) is 58.7 Å². The smallest absolute Gasteiger partial charge is 0.314 e. The number of benzene rings is 5. The van der Waals surface area contributed by atoms with Crippen LogP contribution in [0.15, 0.2) is 103 Å². The summed E-state index contributed by atoms with van der Waals surface area (Å²) in [6, 6.07) is 32.4. The lowest BCUT2D eigenvalue weighted by atomic mass is 9.71. The fourth-order valence-electron chi connectivity index (χ4n) is 7.74. The number of hydrogen-bond acceptors (Lipinski definition) is 5. The molecule has 0 saturated heterocycles. The van der Waals surface area contributed by atoms with Gasteiger partial charge in [-0.2, -0.15) is 23.7 Å². The first-order valence-corrected chi connectivity index (χ1v) is 15.8. The lowest BCUT2D eigenvalue weighted by molar-refractivity contribution is 0.163. The second kappa shape index (κ2) is 10.8. The van der Waals surface area contributed by atoms with E-state index in [0.717, 1.165) is 51.8 Å². The van der Waals surface area contributed by atoms with E-state index in [1.165, 1.54) is 22.3 Å². The number of rotatable bonds is 6. The van der Waals surface area contributed by atoms with Crippen LogP contribution in [0, 0.1) is 12.2 Å². The largest absolute Gasteiger partial charge is 0.497 e. The Morgan fingerprint density at radius 3 is 2.00 bits per heavy atom. The zero-order valence-corrected chi connectivity index (χ0v) is 26.2. The van der Waals surface area contributed by atoms with E-state index < -0.39 is 17.8 Å². The van der Waals surface area contributed by atoms with Crippen LogP contribution in [0.2, 0.25) is 0 Å². The molecule has 7 heteroatoms. The minimum atomic E-state index is -1.17. The number of hydrogen-bond donors (Lipinski definition) is 0. The van der Waals surface area contributed by atoms with E-state index in [4.69, 9.17) is 9.47 Å². The highest BCUT2D eigenvalue weighted by atomic mass is 19.1. The maximum atomic E-state index is 13.8. The summed E-state index contributed by atoms with van der Waals surface area (Å²) in [5.74, 6) is 1.47. The highest BCUT2D eigenvalue weighted by Gasteiger charge is 2.46. The van der Waals surface area contributed by atoms with Crippen LogP contribution < -0.4 is 9.47 Å². The first kappa shape index (κ1) is 29.0. The second-order valence-electron chi connectivity index (χ2n) is 12.0. The van der Waals surface area contributed by atoms with Crippen LogP contribution in [0.3, 0.4) is 0 Å². The van der Waals surface area contributed by atoms with E-state index in [-0.39, 0.29) is 11.2 Å². The minimum Gasteiger partial charge on any atom is -0.497 e. The molecule has 47 heavy (non-hydrogen) atoms. The molecule has 0 amide bonds. The van der Waals surface area contributed by atoms with Crippen molar-refractivity contribution >= 4 is 16.8 Å². The molecule has 0 saturated carbocycles. The summed E-state index contributed by atoms with van der Waals surface area (Å²) in [7, 11) is 1.64. The third-order valence-electron chi connectivity index (χ3n) is 10.0. The first-order valence-electron chi connectivity index (χ1n) is 15.8. The Bertz CT molecular complexity index is 2190. The summed E-state index contributed by atoms with van der Waals surface area (Å²) >= 11 is 0. The molecule has 0 N–H and O–H groups in total. The molecule has 5 nitrogen and oxygen atoms in total. The van der Waals surface area contributed by atoms with Gasteiger partial charge in [0, 0.05) is 33.1 Å². The van der Waals surface area contributed by atoms with Gasteiger partial charge in [0.2, 0.25) is 0 Å². The molecule has 0 spiro atoms. The molecule has 0 radical (unpaired) electrons. The zero-order valence-electron chi connectivity index (χ0n) is 26.2. The molecule has 1 aliphatic heterocycles. The van der Waals surface area contributed by atoms with E-state index in [2.05, 4.69) is 89.5 Å². The Hall–Kier alpha value is -5.43. The highest BCUT2D eigenvalue weighted by molar-refractivity contribution is 6.08. The van der Waals surface area contributed by atoms with Gasteiger partial charge in [0.15, 0.2) is 11.4 Å². The van der Waals surface area contributed by atoms with Crippen molar-refractivity contribution in [3.63, 3.8) is 0 Å². The van der Waals surface area contributed by atoms with Crippen molar-refractivity contribution < 1.29 is 18.3 Å². The fourth-order valence-corrected chi connectivity index (χ4v) is 7.74. The van der Waals surface area contributed by atoms with Gasteiger partial charge in [-0.1, -0.05) is 105 Å². The standard InChI is InChI=1S/C40H31F2N3O2/c1-4-39(5-2)32-13-9-8-12-30(32)33-28-10-6-7-11-29(28)35-31(34(33)39)22-23-40(47-35,26-18-20-27(46-3)21-19-26)25-16-14-24(15-17-25)36-43-37(41)45-38(42)44-36/h6-23H,4-5H2,1-3H3. The Kier molecular flexibility index (Phi) is 6.69. The van der Waals surface area contributed by atoms with E-state index in [0.29, 0.717) is 5.56 Å².